The van der Waals surface area contributed by atoms with Gasteiger partial charge in [-0.1, -0.05) is 34.1 Å². The van der Waals surface area contributed by atoms with Crippen LogP contribution in [0.4, 0.5) is 0 Å². The van der Waals surface area contributed by atoms with Crippen LogP contribution >= 0.6 is 0 Å². The number of hydrogen-bond acceptors (Lipinski definition) is 2. The van der Waals surface area contributed by atoms with Crippen LogP contribution in [-0.4, -0.2) is 30.1 Å². The van der Waals surface area contributed by atoms with Gasteiger partial charge in [-0.15, -0.1) is 0 Å². The summed E-state index contributed by atoms with van der Waals surface area (Å²) in [6.45, 7) is 13.1. The Labute approximate surface area is 120 Å². The maximum Gasteiger partial charge on any atom is 0.0357 e. The number of nitrogens with two attached hydrogens (primary N) is 1. The molecule has 0 radical (unpaired) electrons. The summed E-state index contributed by atoms with van der Waals surface area (Å²) in [7, 11) is 0. The van der Waals surface area contributed by atoms with Gasteiger partial charge in [0.2, 0.25) is 0 Å². The average molecular weight is 266 g/mol. The number of likely N-dealkylation sites (tertiary alicyclic amines) is 1. The fourth-order valence-electron chi connectivity index (χ4n) is 4.63. The summed E-state index contributed by atoms with van der Waals surface area (Å²) in [5.41, 5.74) is 7.10. The average Bonchev–Trinajstić information content (AvgIpc) is 2.39. The Morgan fingerprint density at radius 1 is 1.26 bits per heavy atom. The lowest BCUT2D eigenvalue weighted by Gasteiger charge is -2.55. The highest BCUT2D eigenvalue weighted by atomic mass is 15.2. The molecule has 2 nitrogen and oxygen atoms in total. The van der Waals surface area contributed by atoms with Crippen molar-refractivity contribution in [3.8, 4) is 0 Å². The van der Waals surface area contributed by atoms with Crippen molar-refractivity contribution in [2.24, 2.45) is 23.0 Å². The molecule has 1 aliphatic heterocycles. The van der Waals surface area contributed by atoms with Crippen LogP contribution in [0.25, 0.3) is 0 Å². The highest BCUT2D eigenvalue weighted by Crippen LogP contribution is 2.47. The van der Waals surface area contributed by atoms with Crippen LogP contribution < -0.4 is 5.73 Å². The molecule has 2 N–H and O–H groups in total. The van der Waals surface area contributed by atoms with Gasteiger partial charge in [-0.3, -0.25) is 4.90 Å². The minimum absolute atomic E-state index is 0.295. The predicted molar refractivity (Wildman–Crippen MR) is 83.2 cm³/mol. The van der Waals surface area contributed by atoms with Crippen molar-refractivity contribution in [2.45, 2.75) is 71.8 Å². The zero-order valence-electron chi connectivity index (χ0n) is 13.5. The van der Waals surface area contributed by atoms with Crippen molar-refractivity contribution in [1.29, 1.82) is 0 Å². The third kappa shape index (κ3) is 3.00. The second-order valence-corrected chi connectivity index (χ2v) is 7.94. The molecule has 1 saturated carbocycles. The zero-order chi connectivity index (χ0) is 14.1. The van der Waals surface area contributed by atoms with E-state index in [0.29, 0.717) is 11.0 Å². The lowest BCUT2D eigenvalue weighted by Crippen LogP contribution is -2.62. The topological polar surface area (TPSA) is 29.3 Å². The van der Waals surface area contributed by atoms with E-state index in [0.717, 1.165) is 18.4 Å². The van der Waals surface area contributed by atoms with E-state index in [2.05, 4.69) is 32.6 Å². The van der Waals surface area contributed by atoms with Gasteiger partial charge in [0, 0.05) is 18.6 Å². The van der Waals surface area contributed by atoms with E-state index in [1.165, 1.54) is 51.6 Å². The molecule has 2 fully saturated rings. The summed E-state index contributed by atoms with van der Waals surface area (Å²) in [6, 6.07) is 0. The lowest BCUT2D eigenvalue weighted by molar-refractivity contribution is -0.0431. The highest BCUT2D eigenvalue weighted by molar-refractivity contribution is 5.03. The van der Waals surface area contributed by atoms with Crippen LogP contribution in [0.2, 0.25) is 0 Å². The summed E-state index contributed by atoms with van der Waals surface area (Å²) in [5, 5.41) is 0. The van der Waals surface area contributed by atoms with Crippen LogP contribution in [0.1, 0.15) is 66.2 Å². The van der Waals surface area contributed by atoms with E-state index in [9.17, 15) is 0 Å². The van der Waals surface area contributed by atoms with E-state index >= 15 is 0 Å². The standard InChI is InChI=1S/C17H34N2/c1-5-15-7-6-10-19(12-15)17(13-18)9-8-16(3,4)11-14(17)2/h14-15H,5-13,18H2,1-4H3. The van der Waals surface area contributed by atoms with Crippen LogP contribution in [-0.2, 0) is 0 Å². The normalized spacial score (nSPS) is 40.3. The van der Waals surface area contributed by atoms with Gasteiger partial charge in [-0.05, 0) is 55.9 Å². The van der Waals surface area contributed by atoms with Crippen molar-refractivity contribution in [1.82, 2.24) is 4.90 Å². The molecule has 0 spiro atoms. The van der Waals surface area contributed by atoms with Crippen molar-refractivity contribution < 1.29 is 0 Å². The first-order valence-electron chi connectivity index (χ1n) is 8.38. The SMILES string of the molecule is CCC1CCCN(C2(CN)CCC(C)(C)CC2C)C1. The van der Waals surface area contributed by atoms with Crippen molar-refractivity contribution in [3.05, 3.63) is 0 Å². The van der Waals surface area contributed by atoms with Crippen LogP contribution in [0, 0.1) is 17.3 Å². The second kappa shape index (κ2) is 5.73. The molecule has 2 rings (SSSR count). The predicted octanol–water partition coefficient (Wildman–Crippen LogP) is 3.65. The molecule has 19 heavy (non-hydrogen) atoms. The Morgan fingerprint density at radius 3 is 2.58 bits per heavy atom. The highest BCUT2D eigenvalue weighted by Gasteiger charge is 2.47. The Hall–Kier alpha value is -0.0800. The van der Waals surface area contributed by atoms with Gasteiger partial charge in [0.25, 0.3) is 0 Å². The minimum atomic E-state index is 0.295. The number of piperidine rings is 1. The van der Waals surface area contributed by atoms with Gasteiger partial charge in [0.1, 0.15) is 0 Å². The lowest BCUT2D eigenvalue weighted by atomic mass is 9.62. The molecule has 1 heterocycles. The molecule has 1 aliphatic carbocycles. The summed E-state index contributed by atoms with van der Waals surface area (Å²) < 4.78 is 0. The van der Waals surface area contributed by atoms with Gasteiger partial charge < -0.3 is 5.73 Å². The summed E-state index contributed by atoms with van der Waals surface area (Å²) in [5.74, 6) is 1.64. The Balaban J connectivity index is 2.13. The minimum Gasteiger partial charge on any atom is -0.329 e. The number of nitrogens with zero attached hydrogens (tertiary/aromatic N) is 1. The Kier molecular flexibility index (Phi) is 4.62. The molecule has 0 bridgehead atoms. The molecule has 2 heteroatoms. The van der Waals surface area contributed by atoms with Crippen LogP contribution in [0.15, 0.2) is 0 Å². The summed E-state index contributed by atoms with van der Waals surface area (Å²) in [6.07, 6.45) is 8.09. The van der Waals surface area contributed by atoms with E-state index in [-0.39, 0.29) is 0 Å². The van der Waals surface area contributed by atoms with Gasteiger partial charge in [-0.25, -0.2) is 0 Å². The Morgan fingerprint density at radius 2 is 2.00 bits per heavy atom. The second-order valence-electron chi connectivity index (χ2n) is 7.94. The first-order chi connectivity index (χ1) is 8.93. The van der Waals surface area contributed by atoms with E-state index in [1.54, 1.807) is 0 Å². The summed E-state index contributed by atoms with van der Waals surface area (Å²) >= 11 is 0. The fraction of sp³-hybridized carbons (Fsp3) is 1.00. The molecule has 112 valence electrons. The van der Waals surface area contributed by atoms with E-state index < -0.39 is 0 Å². The van der Waals surface area contributed by atoms with Gasteiger partial charge in [0.15, 0.2) is 0 Å². The maximum absolute atomic E-state index is 6.29. The fourth-order valence-corrected chi connectivity index (χ4v) is 4.63. The molecule has 0 aromatic rings. The first-order valence-corrected chi connectivity index (χ1v) is 8.38. The molecule has 3 atom stereocenters. The molecular weight excluding hydrogens is 232 g/mol. The smallest absolute Gasteiger partial charge is 0.0357 e. The van der Waals surface area contributed by atoms with Gasteiger partial charge >= 0.3 is 0 Å². The molecule has 3 unspecified atom stereocenters. The number of hydrogen-bond donors (Lipinski definition) is 1. The Bertz CT molecular complexity index is 300. The summed E-state index contributed by atoms with van der Waals surface area (Å²) in [4.78, 5) is 2.78. The van der Waals surface area contributed by atoms with E-state index in [4.69, 9.17) is 5.73 Å². The van der Waals surface area contributed by atoms with Crippen LogP contribution in [0.3, 0.4) is 0 Å². The third-order valence-corrected chi connectivity index (χ3v) is 6.09. The van der Waals surface area contributed by atoms with Crippen LogP contribution in [0.5, 0.6) is 0 Å². The quantitative estimate of drug-likeness (QED) is 0.845. The molecule has 0 aromatic carbocycles. The molecule has 1 saturated heterocycles. The largest absolute Gasteiger partial charge is 0.329 e. The van der Waals surface area contributed by atoms with E-state index in [1.807, 2.05) is 0 Å². The molecule has 0 aromatic heterocycles. The third-order valence-electron chi connectivity index (χ3n) is 6.09. The molecular formula is C17H34N2. The van der Waals surface area contributed by atoms with Crippen molar-refractivity contribution in [3.63, 3.8) is 0 Å². The monoisotopic (exact) mass is 266 g/mol. The van der Waals surface area contributed by atoms with Gasteiger partial charge in [0.05, 0.1) is 0 Å². The zero-order valence-corrected chi connectivity index (χ0v) is 13.5. The maximum atomic E-state index is 6.29. The number of rotatable bonds is 3. The van der Waals surface area contributed by atoms with Crippen molar-refractivity contribution in [2.75, 3.05) is 19.6 Å². The first kappa shape index (κ1) is 15.3. The van der Waals surface area contributed by atoms with Crippen molar-refractivity contribution >= 4 is 0 Å². The molecule has 0 amide bonds. The molecule has 2 aliphatic rings. The van der Waals surface area contributed by atoms with Gasteiger partial charge in [-0.2, -0.15) is 0 Å².